The lowest BCUT2D eigenvalue weighted by Gasteiger charge is -2.28. The van der Waals surface area contributed by atoms with Crippen LogP contribution in [0.4, 0.5) is 0 Å². The van der Waals surface area contributed by atoms with Gasteiger partial charge in [0, 0.05) is 18.2 Å². The zero-order valence-electron chi connectivity index (χ0n) is 15.8. The molecule has 1 saturated carbocycles. The Morgan fingerprint density at radius 2 is 1.96 bits per heavy atom. The molecule has 5 nitrogen and oxygen atoms in total. The molecule has 0 bridgehead atoms. The molecular formula is C21H32N2O3. The second kappa shape index (κ2) is 9.38. The van der Waals surface area contributed by atoms with E-state index in [0.29, 0.717) is 18.2 Å². The van der Waals surface area contributed by atoms with Crippen LogP contribution in [0.2, 0.25) is 0 Å². The highest BCUT2D eigenvalue weighted by molar-refractivity contribution is 5.94. The van der Waals surface area contributed by atoms with E-state index in [9.17, 15) is 9.90 Å². The topological polar surface area (TPSA) is 61.8 Å². The Balaban J connectivity index is 1.40. The maximum absolute atomic E-state index is 12.3. The molecule has 1 aliphatic carbocycles. The van der Waals surface area contributed by atoms with Gasteiger partial charge < -0.3 is 20.1 Å². The zero-order valence-corrected chi connectivity index (χ0v) is 15.8. The van der Waals surface area contributed by atoms with Crippen LogP contribution >= 0.6 is 0 Å². The van der Waals surface area contributed by atoms with Crippen molar-refractivity contribution in [2.75, 3.05) is 19.7 Å². The van der Waals surface area contributed by atoms with Crippen molar-refractivity contribution >= 4 is 5.91 Å². The van der Waals surface area contributed by atoms with E-state index >= 15 is 0 Å². The van der Waals surface area contributed by atoms with Gasteiger partial charge in [0.2, 0.25) is 0 Å². The first-order valence-corrected chi connectivity index (χ1v) is 10.1. The normalized spacial score (nSPS) is 26.6. The van der Waals surface area contributed by atoms with Crippen molar-refractivity contribution in [2.24, 2.45) is 0 Å². The van der Waals surface area contributed by atoms with Crippen LogP contribution in [-0.4, -0.2) is 53.8 Å². The Labute approximate surface area is 156 Å². The van der Waals surface area contributed by atoms with E-state index in [1.54, 1.807) is 12.1 Å². The van der Waals surface area contributed by atoms with Crippen LogP contribution in [0.1, 0.15) is 62.2 Å². The number of hydrogen-bond acceptors (Lipinski definition) is 4. The fourth-order valence-corrected chi connectivity index (χ4v) is 4.02. The first-order chi connectivity index (χ1) is 12.6. The summed E-state index contributed by atoms with van der Waals surface area (Å²) in [5.41, 5.74) is 0.612. The molecule has 0 spiro atoms. The zero-order chi connectivity index (χ0) is 18.4. The quantitative estimate of drug-likeness (QED) is 0.734. The van der Waals surface area contributed by atoms with Crippen molar-refractivity contribution in [3.63, 3.8) is 0 Å². The summed E-state index contributed by atoms with van der Waals surface area (Å²) in [5.74, 6) is 0.680. The van der Waals surface area contributed by atoms with Gasteiger partial charge in [-0.1, -0.05) is 12.8 Å². The van der Waals surface area contributed by atoms with E-state index < -0.39 is 6.10 Å². The summed E-state index contributed by atoms with van der Waals surface area (Å²) in [6.07, 6.45) is 6.94. The Kier molecular flexibility index (Phi) is 6.92. The SMILES string of the molecule is CC1CCCN1CCCOc1ccc(C(=O)NC2CCCCC2O)cc1. The number of nitrogens with one attached hydrogen (secondary N) is 1. The van der Waals surface area contributed by atoms with E-state index in [-0.39, 0.29) is 11.9 Å². The van der Waals surface area contributed by atoms with Crippen molar-refractivity contribution in [1.82, 2.24) is 10.2 Å². The molecule has 1 heterocycles. The molecule has 1 aliphatic heterocycles. The fraction of sp³-hybridized carbons (Fsp3) is 0.667. The lowest BCUT2D eigenvalue weighted by Crippen LogP contribution is -2.45. The molecule has 0 radical (unpaired) electrons. The van der Waals surface area contributed by atoms with Gasteiger partial charge in [-0.15, -0.1) is 0 Å². The molecule has 1 aromatic rings. The smallest absolute Gasteiger partial charge is 0.251 e. The van der Waals surface area contributed by atoms with Crippen LogP contribution in [0, 0.1) is 0 Å². The molecule has 1 amide bonds. The second-order valence-electron chi connectivity index (χ2n) is 7.69. The van der Waals surface area contributed by atoms with Gasteiger partial charge in [0.05, 0.1) is 18.8 Å². The average molecular weight is 360 g/mol. The van der Waals surface area contributed by atoms with Crippen molar-refractivity contribution < 1.29 is 14.6 Å². The minimum Gasteiger partial charge on any atom is -0.494 e. The molecule has 2 aliphatic rings. The number of aliphatic hydroxyl groups excluding tert-OH is 1. The number of hydrogen-bond donors (Lipinski definition) is 2. The highest BCUT2D eigenvalue weighted by atomic mass is 16.5. The number of amides is 1. The fourth-order valence-electron chi connectivity index (χ4n) is 4.02. The number of ether oxygens (including phenoxy) is 1. The summed E-state index contributed by atoms with van der Waals surface area (Å²) in [5, 5.41) is 12.9. The van der Waals surface area contributed by atoms with E-state index in [0.717, 1.165) is 44.4 Å². The number of carbonyl (C=O) groups excluding carboxylic acids is 1. The molecule has 2 N–H and O–H groups in total. The molecule has 1 saturated heterocycles. The molecule has 0 aromatic heterocycles. The molecule has 2 fully saturated rings. The highest BCUT2D eigenvalue weighted by Crippen LogP contribution is 2.20. The Morgan fingerprint density at radius 3 is 2.65 bits per heavy atom. The summed E-state index contributed by atoms with van der Waals surface area (Å²) >= 11 is 0. The van der Waals surface area contributed by atoms with Crippen molar-refractivity contribution in [2.45, 2.75) is 70.1 Å². The van der Waals surface area contributed by atoms with Crippen LogP contribution in [0.15, 0.2) is 24.3 Å². The number of rotatable bonds is 7. The van der Waals surface area contributed by atoms with Gasteiger partial charge >= 0.3 is 0 Å². The molecular weight excluding hydrogens is 328 g/mol. The number of aliphatic hydroxyl groups is 1. The standard InChI is InChI=1S/C21H32N2O3/c1-16-6-4-13-23(16)14-5-15-26-18-11-9-17(10-12-18)21(25)22-19-7-2-3-8-20(19)24/h9-12,16,19-20,24H,2-8,13-15H2,1H3,(H,22,25). The summed E-state index contributed by atoms with van der Waals surface area (Å²) in [7, 11) is 0. The first-order valence-electron chi connectivity index (χ1n) is 10.1. The molecule has 3 atom stereocenters. The van der Waals surface area contributed by atoms with Gasteiger partial charge in [0.1, 0.15) is 5.75 Å². The Hall–Kier alpha value is -1.59. The second-order valence-corrected chi connectivity index (χ2v) is 7.69. The van der Waals surface area contributed by atoms with Gasteiger partial charge in [0.25, 0.3) is 5.91 Å². The predicted octanol–water partition coefficient (Wildman–Crippen LogP) is 2.97. The Morgan fingerprint density at radius 1 is 1.19 bits per heavy atom. The van der Waals surface area contributed by atoms with Crippen LogP contribution in [0.25, 0.3) is 0 Å². The molecule has 144 valence electrons. The highest BCUT2D eigenvalue weighted by Gasteiger charge is 2.24. The minimum atomic E-state index is -0.423. The minimum absolute atomic E-state index is 0.120. The van der Waals surface area contributed by atoms with Gasteiger partial charge in [-0.2, -0.15) is 0 Å². The summed E-state index contributed by atoms with van der Waals surface area (Å²) in [6.45, 7) is 5.29. The number of carbonyl (C=O) groups is 1. The number of likely N-dealkylation sites (tertiary alicyclic amines) is 1. The van der Waals surface area contributed by atoms with E-state index in [1.807, 2.05) is 12.1 Å². The molecule has 3 rings (SSSR count). The largest absolute Gasteiger partial charge is 0.494 e. The summed E-state index contributed by atoms with van der Waals surface area (Å²) in [6, 6.07) is 7.87. The summed E-state index contributed by atoms with van der Waals surface area (Å²) in [4.78, 5) is 14.9. The van der Waals surface area contributed by atoms with Gasteiger partial charge in [-0.3, -0.25) is 4.79 Å². The van der Waals surface area contributed by atoms with E-state index in [1.165, 1.54) is 19.4 Å². The Bertz CT molecular complexity index is 575. The van der Waals surface area contributed by atoms with Crippen LogP contribution in [-0.2, 0) is 0 Å². The molecule has 5 heteroatoms. The van der Waals surface area contributed by atoms with E-state index in [2.05, 4.69) is 17.1 Å². The van der Waals surface area contributed by atoms with Crippen molar-refractivity contribution in [3.05, 3.63) is 29.8 Å². The van der Waals surface area contributed by atoms with Crippen LogP contribution in [0.3, 0.4) is 0 Å². The van der Waals surface area contributed by atoms with Gasteiger partial charge in [0.15, 0.2) is 0 Å². The van der Waals surface area contributed by atoms with Crippen LogP contribution < -0.4 is 10.1 Å². The first kappa shape index (κ1) is 19.2. The third kappa shape index (κ3) is 5.21. The predicted molar refractivity (Wildman–Crippen MR) is 103 cm³/mol. The maximum Gasteiger partial charge on any atom is 0.251 e. The monoisotopic (exact) mass is 360 g/mol. The average Bonchev–Trinajstić information content (AvgIpc) is 3.06. The third-order valence-electron chi connectivity index (χ3n) is 5.71. The number of benzene rings is 1. The van der Waals surface area contributed by atoms with Gasteiger partial charge in [-0.25, -0.2) is 0 Å². The number of nitrogens with zero attached hydrogens (tertiary/aromatic N) is 1. The lowest BCUT2D eigenvalue weighted by molar-refractivity contribution is 0.0717. The van der Waals surface area contributed by atoms with Crippen molar-refractivity contribution in [1.29, 1.82) is 0 Å². The van der Waals surface area contributed by atoms with Gasteiger partial charge in [-0.05, 0) is 69.8 Å². The van der Waals surface area contributed by atoms with Crippen LogP contribution in [0.5, 0.6) is 5.75 Å². The summed E-state index contributed by atoms with van der Waals surface area (Å²) < 4.78 is 5.80. The molecule has 26 heavy (non-hydrogen) atoms. The van der Waals surface area contributed by atoms with E-state index in [4.69, 9.17) is 4.74 Å². The molecule has 1 aromatic carbocycles. The van der Waals surface area contributed by atoms with Crippen molar-refractivity contribution in [3.8, 4) is 5.75 Å². The maximum atomic E-state index is 12.3. The third-order valence-corrected chi connectivity index (χ3v) is 5.71. The molecule has 3 unspecified atom stereocenters. The lowest BCUT2D eigenvalue weighted by atomic mass is 9.92.